The van der Waals surface area contributed by atoms with Crippen molar-refractivity contribution in [1.82, 2.24) is 9.55 Å². The second kappa shape index (κ2) is 7.21. The molecule has 2 aliphatic rings. The van der Waals surface area contributed by atoms with E-state index >= 15 is 0 Å². The lowest BCUT2D eigenvalue weighted by Gasteiger charge is -2.30. The molecule has 0 fully saturated rings. The quantitative estimate of drug-likeness (QED) is 0.495. The SMILES string of the molecule is CCS(C)(C)CCc1c2c(nc3ccccc13)-c1cc3c(c(=O)n1C2)COC(=O)C3O. The van der Waals surface area contributed by atoms with Crippen molar-refractivity contribution in [2.45, 2.75) is 32.6 Å². The summed E-state index contributed by atoms with van der Waals surface area (Å²) in [6.07, 6.45) is 4.24. The summed E-state index contributed by atoms with van der Waals surface area (Å²) in [5, 5.41) is 11.5. The standard InChI is InChI=1S/C24H26N2O4S/c1-4-31(2,3)10-9-14-15-7-5-6-8-19(15)25-21-17(14)12-26-20(21)11-16-18(23(26)28)13-30-24(29)22(16)27/h5-8,11,22,27H,4,9-10,12-13H2,1-3H3. The number of aliphatic hydroxyl groups is 1. The molecule has 1 N–H and O–H groups in total. The lowest BCUT2D eigenvalue weighted by atomic mass is 9.97. The Morgan fingerprint density at radius 3 is 2.77 bits per heavy atom. The van der Waals surface area contributed by atoms with E-state index in [4.69, 9.17) is 9.72 Å². The van der Waals surface area contributed by atoms with Crippen LogP contribution in [0.4, 0.5) is 0 Å². The predicted molar refractivity (Wildman–Crippen MR) is 124 cm³/mol. The van der Waals surface area contributed by atoms with Crippen LogP contribution >= 0.6 is 10.0 Å². The van der Waals surface area contributed by atoms with E-state index in [0.717, 1.165) is 34.3 Å². The first kappa shape index (κ1) is 20.3. The number of aromatic nitrogens is 2. The molecule has 5 rings (SSSR count). The van der Waals surface area contributed by atoms with Crippen molar-refractivity contribution in [3.05, 3.63) is 62.9 Å². The third kappa shape index (κ3) is 3.18. The Balaban J connectivity index is 1.71. The Morgan fingerprint density at radius 2 is 2.00 bits per heavy atom. The highest BCUT2D eigenvalue weighted by Gasteiger charge is 2.34. The number of cyclic esters (lactones) is 1. The second-order valence-electron chi connectivity index (χ2n) is 8.81. The van der Waals surface area contributed by atoms with E-state index in [1.165, 1.54) is 11.3 Å². The maximum absolute atomic E-state index is 13.2. The topological polar surface area (TPSA) is 81.4 Å². The van der Waals surface area contributed by atoms with Crippen molar-refractivity contribution in [3.8, 4) is 11.4 Å². The maximum Gasteiger partial charge on any atom is 0.340 e. The van der Waals surface area contributed by atoms with Gasteiger partial charge in [-0.05, 0) is 48.1 Å². The minimum atomic E-state index is -1.43. The molecule has 0 radical (unpaired) electrons. The highest BCUT2D eigenvalue weighted by atomic mass is 32.3. The number of pyridine rings is 2. The third-order valence-corrected chi connectivity index (χ3v) is 9.54. The molecule has 1 unspecified atom stereocenters. The molecule has 1 aromatic carbocycles. The number of ether oxygens (including phenoxy) is 1. The van der Waals surface area contributed by atoms with E-state index in [2.05, 4.69) is 25.5 Å². The van der Waals surface area contributed by atoms with Gasteiger partial charge in [-0.15, -0.1) is 0 Å². The van der Waals surface area contributed by atoms with Gasteiger partial charge in [0.1, 0.15) is 6.61 Å². The summed E-state index contributed by atoms with van der Waals surface area (Å²) in [7, 11) is -0.682. The van der Waals surface area contributed by atoms with Gasteiger partial charge in [0.2, 0.25) is 0 Å². The number of aryl methyl sites for hydroxylation is 1. The van der Waals surface area contributed by atoms with E-state index in [9.17, 15) is 14.7 Å². The number of benzene rings is 1. The van der Waals surface area contributed by atoms with Gasteiger partial charge in [-0.1, -0.05) is 25.1 Å². The Morgan fingerprint density at radius 1 is 1.23 bits per heavy atom. The van der Waals surface area contributed by atoms with Crippen LogP contribution in [0, 0.1) is 0 Å². The first-order valence-electron chi connectivity index (χ1n) is 10.5. The Hall–Kier alpha value is -2.64. The molecule has 4 heterocycles. The summed E-state index contributed by atoms with van der Waals surface area (Å²) in [4.78, 5) is 30.0. The molecule has 162 valence electrons. The van der Waals surface area contributed by atoms with Crippen LogP contribution in [0.1, 0.15) is 35.3 Å². The zero-order valence-corrected chi connectivity index (χ0v) is 18.8. The number of hydrogen-bond donors (Lipinski definition) is 1. The summed E-state index contributed by atoms with van der Waals surface area (Å²) in [6.45, 7) is 2.60. The number of fused-ring (bicyclic) bond motifs is 5. The number of rotatable bonds is 4. The molecule has 0 spiro atoms. The number of para-hydroxylation sites is 1. The molecule has 0 aliphatic carbocycles. The van der Waals surface area contributed by atoms with Crippen molar-refractivity contribution in [3.63, 3.8) is 0 Å². The molecule has 3 aromatic rings. The van der Waals surface area contributed by atoms with E-state index in [-0.39, 0.29) is 12.2 Å². The minimum absolute atomic E-state index is 0.100. The van der Waals surface area contributed by atoms with Crippen LogP contribution in [0.2, 0.25) is 0 Å². The zero-order chi connectivity index (χ0) is 21.9. The molecule has 1 atom stereocenters. The first-order valence-corrected chi connectivity index (χ1v) is 13.3. The van der Waals surface area contributed by atoms with Crippen LogP contribution in [0.15, 0.2) is 35.1 Å². The smallest absolute Gasteiger partial charge is 0.340 e. The lowest BCUT2D eigenvalue weighted by Crippen LogP contribution is -2.32. The third-order valence-electron chi connectivity index (χ3n) is 6.67. The number of carbonyl (C=O) groups excluding carboxylic acids is 1. The van der Waals surface area contributed by atoms with Crippen molar-refractivity contribution >= 4 is 26.9 Å². The number of aliphatic hydroxyl groups excluding tert-OH is 1. The number of hydrogen-bond acceptors (Lipinski definition) is 5. The Labute approximate surface area is 182 Å². The molecule has 6 nitrogen and oxygen atoms in total. The van der Waals surface area contributed by atoms with E-state index in [1.807, 2.05) is 18.2 Å². The van der Waals surface area contributed by atoms with Gasteiger partial charge >= 0.3 is 5.97 Å². The first-order chi connectivity index (χ1) is 14.8. The molecule has 0 bridgehead atoms. The molecule has 2 aromatic heterocycles. The highest BCUT2D eigenvalue weighted by molar-refractivity contribution is 8.32. The number of nitrogens with zero attached hydrogens (tertiary/aromatic N) is 2. The Kier molecular flexibility index (Phi) is 4.71. The summed E-state index contributed by atoms with van der Waals surface area (Å²) in [5.41, 5.74) is 5.16. The zero-order valence-electron chi connectivity index (χ0n) is 18.0. The molecule has 0 saturated carbocycles. The average molecular weight is 439 g/mol. The second-order valence-corrected chi connectivity index (χ2v) is 13.3. The van der Waals surface area contributed by atoms with Crippen molar-refractivity contribution in [1.29, 1.82) is 0 Å². The van der Waals surface area contributed by atoms with Crippen molar-refractivity contribution < 1.29 is 14.6 Å². The van der Waals surface area contributed by atoms with Crippen molar-refractivity contribution in [2.75, 3.05) is 24.0 Å². The monoisotopic (exact) mass is 438 g/mol. The molecule has 31 heavy (non-hydrogen) atoms. The van der Waals surface area contributed by atoms with Crippen LogP contribution in [-0.2, 0) is 29.1 Å². The van der Waals surface area contributed by atoms with Gasteiger partial charge in [0.05, 0.1) is 29.0 Å². The molecule has 7 heteroatoms. The van der Waals surface area contributed by atoms with Gasteiger partial charge in [-0.3, -0.25) is 4.79 Å². The van der Waals surface area contributed by atoms with Crippen LogP contribution < -0.4 is 5.56 Å². The van der Waals surface area contributed by atoms with Crippen LogP contribution in [-0.4, -0.2) is 44.6 Å². The van der Waals surface area contributed by atoms with E-state index < -0.39 is 22.1 Å². The fourth-order valence-electron chi connectivity index (χ4n) is 4.47. The van der Waals surface area contributed by atoms with Gasteiger partial charge in [0.15, 0.2) is 6.10 Å². The van der Waals surface area contributed by atoms with Gasteiger partial charge in [-0.2, -0.15) is 0 Å². The van der Waals surface area contributed by atoms with Gasteiger partial charge < -0.3 is 14.4 Å². The van der Waals surface area contributed by atoms with Crippen LogP contribution in [0.3, 0.4) is 0 Å². The van der Waals surface area contributed by atoms with Gasteiger partial charge in [-0.25, -0.2) is 19.8 Å². The number of esters is 1. The molecule has 0 saturated heterocycles. The highest BCUT2D eigenvalue weighted by Crippen LogP contribution is 2.42. The van der Waals surface area contributed by atoms with Crippen LogP contribution in [0.5, 0.6) is 0 Å². The fraction of sp³-hybridized carbons (Fsp3) is 0.375. The Bertz CT molecular complexity index is 1290. The molecule has 0 amide bonds. The maximum atomic E-state index is 13.2. The molecule has 2 aliphatic heterocycles. The summed E-state index contributed by atoms with van der Waals surface area (Å²) in [5.74, 6) is 1.58. The summed E-state index contributed by atoms with van der Waals surface area (Å²) in [6, 6.07) is 9.87. The normalized spacial score (nSPS) is 17.8. The van der Waals surface area contributed by atoms with E-state index in [1.54, 1.807) is 10.6 Å². The minimum Gasteiger partial charge on any atom is -0.458 e. The largest absolute Gasteiger partial charge is 0.458 e. The van der Waals surface area contributed by atoms with Gasteiger partial charge in [0, 0.05) is 16.5 Å². The average Bonchev–Trinajstić information content (AvgIpc) is 3.13. The van der Waals surface area contributed by atoms with Crippen LogP contribution in [0.25, 0.3) is 22.3 Å². The van der Waals surface area contributed by atoms with Gasteiger partial charge in [0.25, 0.3) is 5.56 Å². The molecular formula is C24H26N2O4S. The van der Waals surface area contributed by atoms with E-state index in [0.29, 0.717) is 23.4 Å². The predicted octanol–water partition coefficient (Wildman–Crippen LogP) is 3.14. The number of carbonyl (C=O) groups is 1. The summed E-state index contributed by atoms with van der Waals surface area (Å²) < 4.78 is 6.71. The van der Waals surface area contributed by atoms with Crippen molar-refractivity contribution in [2.24, 2.45) is 0 Å². The molecular weight excluding hydrogens is 412 g/mol. The lowest BCUT2D eigenvalue weighted by molar-refractivity contribution is -0.157. The fourth-order valence-corrected chi connectivity index (χ4v) is 5.51. The summed E-state index contributed by atoms with van der Waals surface area (Å²) >= 11 is 0.